The van der Waals surface area contributed by atoms with E-state index in [0.29, 0.717) is 13.0 Å². The van der Waals surface area contributed by atoms with Crippen molar-refractivity contribution in [3.8, 4) is 0 Å². The third-order valence-corrected chi connectivity index (χ3v) is 3.35. The number of ether oxygens (including phenoxy) is 3. The van der Waals surface area contributed by atoms with Gasteiger partial charge in [-0.05, 0) is 27.2 Å². The number of unbranched alkanes of at least 4 members (excludes halogenated alkanes) is 6. The summed E-state index contributed by atoms with van der Waals surface area (Å²) in [6.45, 7) is 8.53. The maximum atomic E-state index is 11.5. The summed E-state index contributed by atoms with van der Waals surface area (Å²) in [6.07, 6.45) is 8.98. The Kier molecular flexibility index (Phi) is 13.6. The highest BCUT2D eigenvalue weighted by Gasteiger charge is 2.15. The van der Waals surface area contributed by atoms with Crippen molar-refractivity contribution < 1.29 is 23.8 Å². The molecule has 0 aromatic heterocycles. The first-order chi connectivity index (χ1) is 11.3. The van der Waals surface area contributed by atoms with Crippen LogP contribution in [0.4, 0.5) is 0 Å². The van der Waals surface area contributed by atoms with Crippen LogP contribution in [-0.4, -0.2) is 37.4 Å². The zero-order chi connectivity index (χ0) is 18.3. The van der Waals surface area contributed by atoms with Gasteiger partial charge in [0.15, 0.2) is 0 Å². The van der Waals surface area contributed by atoms with Crippen LogP contribution in [0.2, 0.25) is 0 Å². The van der Waals surface area contributed by atoms with Gasteiger partial charge in [0.1, 0.15) is 12.2 Å². The molecule has 0 unspecified atom stereocenters. The molecule has 142 valence electrons. The third kappa shape index (κ3) is 17.3. The monoisotopic (exact) mass is 344 g/mol. The highest BCUT2D eigenvalue weighted by molar-refractivity contribution is 5.70. The molecule has 0 amide bonds. The van der Waals surface area contributed by atoms with Crippen molar-refractivity contribution in [1.29, 1.82) is 0 Å². The molecule has 0 saturated carbocycles. The summed E-state index contributed by atoms with van der Waals surface area (Å²) < 4.78 is 15.5. The van der Waals surface area contributed by atoms with Crippen molar-refractivity contribution >= 4 is 11.9 Å². The molecule has 0 bridgehead atoms. The Balaban J connectivity index is 3.36. The molecule has 0 saturated heterocycles. The number of hydrogen-bond acceptors (Lipinski definition) is 5. The predicted octanol–water partition coefficient (Wildman–Crippen LogP) is 4.42. The first kappa shape index (κ1) is 22.9. The molecule has 24 heavy (non-hydrogen) atoms. The predicted molar refractivity (Wildman–Crippen MR) is 94.9 cm³/mol. The van der Waals surface area contributed by atoms with Crippen molar-refractivity contribution in [2.24, 2.45) is 0 Å². The fourth-order valence-electron chi connectivity index (χ4n) is 2.16. The Hall–Kier alpha value is -1.10. The molecule has 0 heterocycles. The van der Waals surface area contributed by atoms with E-state index in [1.165, 1.54) is 32.1 Å². The Morgan fingerprint density at radius 3 is 2.00 bits per heavy atom. The maximum absolute atomic E-state index is 11.5. The quantitative estimate of drug-likeness (QED) is 0.345. The van der Waals surface area contributed by atoms with Crippen molar-refractivity contribution in [1.82, 2.24) is 0 Å². The van der Waals surface area contributed by atoms with E-state index >= 15 is 0 Å². The Morgan fingerprint density at radius 1 is 0.750 bits per heavy atom. The van der Waals surface area contributed by atoms with Crippen LogP contribution in [-0.2, 0) is 23.8 Å². The fraction of sp³-hybridized carbons (Fsp3) is 0.895. The molecule has 0 rings (SSSR count). The van der Waals surface area contributed by atoms with E-state index in [4.69, 9.17) is 14.2 Å². The lowest BCUT2D eigenvalue weighted by Gasteiger charge is -2.19. The van der Waals surface area contributed by atoms with Crippen molar-refractivity contribution in [3.05, 3.63) is 0 Å². The lowest BCUT2D eigenvalue weighted by molar-refractivity contribution is -0.156. The standard InChI is InChI=1S/C19H36O5/c1-5-6-7-8-9-10-11-12-17(20)23-16-15-22-14-13-18(21)24-19(2,3)4/h5-16H2,1-4H3. The summed E-state index contributed by atoms with van der Waals surface area (Å²) in [6, 6.07) is 0. The smallest absolute Gasteiger partial charge is 0.308 e. The first-order valence-electron chi connectivity index (χ1n) is 9.30. The fourth-order valence-corrected chi connectivity index (χ4v) is 2.16. The lowest BCUT2D eigenvalue weighted by atomic mass is 10.1. The summed E-state index contributed by atoms with van der Waals surface area (Å²) in [5, 5.41) is 0. The van der Waals surface area contributed by atoms with Crippen LogP contribution in [0.3, 0.4) is 0 Å². The van der Waals surface area contributed by atoms with E-state index < -0.39 is 5.60 Å². The van der Waals surface area contributed by atoms with E-state index in [2.05, 4.69) is 6.92 Å². The van der Waals surface area contributed by atoms with Crippen molar-refractivity contribution in [2.45, 2.75) is 91.1 Å². The summed E-state index contributed by atoms with van der Waals surface area (Å²) in [7, 11) is 0. The van der Waals surface area contributed by atoms with Crippen LogP contribution in [0.5, 0.6) is 0 Å². The van der Waals surface area contributed by atoms with Gasteiger partial charge >= 0.3 is 11.9 Å². The molecule has 5 nitrogen and oxygen atoms in total. The van der Waals surface area contributed by atoms with E-state index in [1.807, 2.05) is 20.8 Å². The van der Waals surface area contributed by atoms with Crippen LogP contribution in [0, 0.1) is 0 Å². The highest BCUT2D eigenvalue weighted by Crippen LogP contribution is 2.09. The van der Waals surface area contributed by atoms with Gasteiger partial charge in [-0.1, -0.05) is 45.4 Å². The van der Waals surface area contributed by atoms with Crippen molar-refractivity contribution in [2.75, 3.05) is 19.8 Å². The second kappa shape index (κ2) is 14.3. The third-order valence-electron chi connectivity index (χ3n) is 3.35. The van der Waals surface area contributed by atoms with Gasteiger partial charge in [0.2, 0.25) is 0 Å². The molecular weight excluding hydrogens is 308 g/mol. The Labute approximate surface area is 147 Å². The first-order valence-corrected chi connectivity index (χ1v) is 9.30. The number of hydrogen-bond donors (Lipinski definition) is 0. The van der Waals surface area contributed by atoms with E-state index in [-0.39, 0.29) is 31.6 Å². The second-order valence-electron chi connectivity index (χ2n) is 7.04. The summed E-state index contributed by atoms with van der Waals surface area (Å²) in [4.78, 5) is 23.0. The molecule has 0 radical (unpaired) electrons. The molecular formula is C19H36O5. The molecule has 0 aliphatic carbocycles. The molecule has 0 aromatic rings. The minimum Gasteiger partial charge on any atom is -0.463 e. The molecule has 5 heteroatoms. The van der Waals surface area contributed by atoms with Crippen LogP contribution >= 0.6 is 0 Å². The molecule has 0 N–H and O–H groups in total. The second-order valence-corrected chi connectivity index (χ2v) is 7.04. The highest BCUT2D eigenvalue weighted by atomic mass is 16.6. The summed E-state index contributed by atoms with van der Waals surface area (Å²) in [5.74, 6) is -0.447. The van der Waals surface area contributed by atoms with Gasteiger partial charge in [-0.3, -0.25) is 9.59 Å². The summed E-state index contributed by atoms with van der Waals surface area (Å²) in [5.41, 5.74) is -0.470. The minimum absolute atomic E-state index is 0.167. The number of esters is 2. The van der Waals surface area contributed by atoms with Crippen LogP contribution in [0.25, 0.3) is 0 Å². The van der Waals surface area contributed by atoms with Gasteiger partial charge in [-0.15, -0.1) is 0 Å². The van der Waals surface area contributed by atoms with Crippen molar-refractivity contribution in [3.63, 3.8) is 0 Å². The molecule has 0 aliphatic heterocycles. The lowest BCUT2D eigenvalue weighted by Crippen LogP contribution is -2.24. The molecule has 0 fully saturated rings. The molecule has 0 aliphatic rings. The molecule has 0 aromatic carbocycles. The average Bonchev–Trinajstić information content (AvgIpc) is 2.48. The van der Waals surface area contributed by atoms with Crippen LogP contribution in [0.1, 0.15) is 85.5 Å². The van der Waals surface area contributed by atoms with Gasteiger partial charge in [0.05, 0.1) is 19.6 Å². The SMILES string of the molecule is CCCCCCCCCC(=O)OCCOCCC(=O)OC(C)(C)C. The van der Waals surface area contributed by atoms with E-state index in [1.54, 1.807) is 0 Å². The zero-order valence-electron chi connectivity index (χ0n) is 16.0. The number of rotatable bonds is 14. The maximum Gasteiger partial charge on any atom is 0.308 e. The Bertz CT molecular complexity index is 333. The van der Waals surface area contributed by atoms with Gasteiger partial charge in [-0.25, -0.2) is 0 Å². The zero-order valence-corrected chi connectivity index (χ0v) is 16.0. The Morgan fingerprint density at radius 2 is 1.38 bits per heavy atom. The van der Waals surface area contributed by atoms with Crippen LogP contribution < -0.4 is 0 Å². The average molecular weight is 344 g/mol. The largest absolute Gasteiger partial charge is 0.463 e. The topological polar surface area (TPSA) is 61.8 Å². The number of carbonyl (C=O) groups is 2. The van der Waals surface area contributed by atoms with E-state index in [0.717, 1.165) is 12.8 Å². The van der Waals surface area contributed by atoms with E-state index in [9.17, 15) is 9.59 Å². The normalized spacial score (nSPS) is 11.3. The van der Waals surface area contributed by atoms with Crippen LogP contribution in [0.15, 0.2) is 0 Å². The number of carbonyl (C=O) groups excluding carboxylic acids is 2. The molecule has 0 spiro atoms. The van der Waals surface area contributed by atoms with Gasteiger partial charge in [-0.2, -0.15) is 0 Å². The summed E-state index contributed by atoms with van der Waals surface area (Å²) >= 11 is 0. The van der Waals surface area contributed by atoms with Gasteiger partial charge < -0.3 is 14.2 Å². The van der Waals surface area contributed by atoms with Gasteiger partial charge in [0.25, 0.3) is 0 Å². The minimum atomic E-state index is -0.470. The van der Waals surface area contributed by atoms with Gasteiger partial charge in [0, 0.05) is 6.42 Å². The molecule has 0 atom stereocenters.